The van der Waals surface area contributed by atoms with Crippen molar-refractivity contribution >= 4 is 17.4 Å². The maximum atomic E-state index is 12.5. The van der Waals surface area contributed by atoms with Crippen molar-refractivity contribution in [2.75, 3.05) is 6.61 Å². The lowest BCUT2D eigenvalue weighted by atomic mass is 9.99. The molecule has 0 fully saturated rings. The molecule has 1 heterocycles. The normalized spacial score (nSPS) is 13.5. The largest absolute Gasteiger partial charge is 0.488 e. The van der Waals surface area contributed by atoms with Crippen molar-refractivity contribution in [1.82, 2.24) is 0 Å². The molecule has 0 spiro atoms. The molecule has 6 nitrogen and oxygen atoms in total. The van der Waals surface area contributed by atoms with E-state index in [0.29, 0.717) is 29.9 Å². The van der Waals surface area contributed by atoms with E-state index in [2.05, 4.69) is 0 Å². The summed E-state index contributed by atoms with van der Waals surface area (Å²) < 4.78 is 11.1. The number of carbonyl (C=O) groups excluding carboxylic acids is 1. The zero-order valence-electron chi connectivity index (χ0n) is 13.7. The average Bonchev–Trinajstić information content (AvgIpc) is 2.82. The third-order valence-corrected chi connectivity index (χ3v) is 3.99. The van der Waals surface area contributed by atoms with Crippen LogP contribution in [0.15, 0.2) is 54.1 Å². The number of ether oxygens (including phenoxy) is 2. The minimum absolute atomic E-state index is 0.0149. The number of carbonyl (C=O) groups is 1. The van der Waals surface area contributed by atoms with E-state index in [1.165, 1.54) is 12.1 Å². The quantitative estimate of drug-likeness (QED) is 0.483. The molecule has 0 saturated carbocycles. The first-order valence-corrected chi connectivity index (χ1v) is 7.94. The fraction of sp³-hybridized carbons (Fsp3) is 0.211. The van der Waals surface area contributed by atoms with Gasteiger partial charge in [0.1, 0.15) is 12.4 Å². The van der Waals surface area contributed by atoms with Gasteiger partial charge in [0.25, 0.3) is 5.69 Å². The minimum Gasteiger partial charge on any atom is -0.488 e. The molecule has 1 aliphatic rings. The third kappa shape index (κ3) is 3.52. The van der Waals surface area contributed by atoms with Gasteiger partial charge >= 0.3 is 5.97 Å². The summed E-state index contributed by atoms with van der Waals surface area (Å²) >= 11 is 0. The summed E-state index contributed by atoms with van der Waals surface area (Å²) in [7, 11) is 0. The van der Waals surface area contributed by atoms with Gasteiger partial charge in [0.2, 0.25) is 0 Å². The van der Waals surface area contributed by atoms with Gasteiger partial charge in [0.15, 0.2) is 0 Å². The molecule has 1 aliphatic heterocycles. The van der Waals surface area contributed by atoms with Crippen LogP contribution in [0.5, 0.6) is 0 Å². The summed E-state index contributed by atoms with van der Waals surface area (Å²) in [6, 6.07) is 13.7. The molecule has 25 heavy (non-hydrogen) atoms. The first-order chi connectivity index (χ1) is 12.1. The Morgan fingerprint density at radius 1 is 1.16 bits per heavy atom. The van der Waals surface area contributed by atoms with Crippen LogP contribution in [0.3, 0.4) is 0 Å². The topological polar surface area (TPSA) is 78.7 Å². The van der Waals surface area contributed by atoms with Gasteiger partial charge in [-0.15, -0.1) is 0 Å². The van der Waals surface area contributed by atoms with Crippen LogP contribution < -0.4 is 0 Å². The molecule has 6 heteroatoms. The number of non-ortho nitro benzene ring substituents is 1. The van der Waals surface area contributed by atoms with Gasteiger partial charge in [0, 0.05) is 24.1 Å². The highest BCUT2D eigenvalue weighted by Crippen LogP contribution is 2.31. The van der Waals surface area contributed by atoms with Crippen molar-refractivity contribution in [3.63, 3.8) is 0 Å². The smallest absolute Gasteiger partial charge is 0.338 e. The highest BCUT2D eigenvalue weighted by Gasteiger charge is 2.24. The predicted molar refractivity (Wildman–Crippen MR) is 91.6 cm³/mol. The molecule has 2 aromatic rings. The summed E-state index contributed by atoms with van der Waals surface area (Å²) in [5.74, 6) is -0.0305. The SMILES string of the molecule is CCOC(=O)C1=C(c2ccc([N+](=O)[O-])cc2)OCc2ccccc2C1. The second-order valence-electron chi connectivity index (χ2n) is 5.57. The molecular weight excluding hydrogens is 322 g/mol. The Balaban J connectivity index is 2.05. The van der Waals surface area contributed by atoms with E-state index in [1.54, 1.807) is 19.1 Å². The van der Waals surface area contributed by atoms with E-state index >= 15 is 0 Å². The third-order valence-electron chi connectivity index (χ3n) is 3.99. The Kier molecular flexibility index (Phi) is 4.79. The highest BCUT2D eigenvalue weighted by molar-refractivity contribution is 5.97. The molecule has 0 atom stereocenters. The van der Waals surface area contributed by atoms with Crippen molar-refractivity contribution in [2.45, 2.75) is 20.0 Å². The Hall–Kier alpha value is -3.15. The lowest BCUT2D eigenvalue weighted by molar-refractivity contribution is -0.384. The molecular formula is C19H17NO5. The molecule has 0 aliphatic carbocycles. The molecule has 0 saturated heterocycles. The standard InChI is InChI=1S/C19H17NO5/c1-2-24-19(21)17-11-14-5-3-4-6-15(14)12-25-18(17)13-7-9-16(10-8-13)20(22)23/h3-10H,2,11-12H2,1H3. The number of nitro groups is 1. The van der Waals surface area contributed by atoms with Crippen LogP contribution >= 0.6 is 0 Å². The molecule has 128 valence electrons. The van der Waals surface area contributed by atoms with Gasteiger partial charge in [0.05, 0.1) is 17.1 Å². The Morgan fingerprint density at radius 2 is 1.84 bits per heavy atom. The Bertz CT molecular complexity index is 839. The molecule has 0 aromatic heterocycles. The van der Waals surface area contributed by atoms with E-state index in [0.717, 1.165) is 11.1 Å². The number of rotatable bonds is 4. The number of fused-ring (bicyclic) bond motifs is 1. The zero-order valence-corrected chi connectivity index (χ0v) is 13.7. The molecule has 3 rings (SSSR count). The van der Waals surface area contributed by atoms with Crippen molar-refractivity contribution in [2.24, 2.45) is 0 Å². The fourth-order valence-corrected chi connectivity index (χ4v) is 2.75. The van der Waals surface area contributed by atoms with Crippen molar-refractivity contribution in [3.05, 3.63) is 80.9 Å². The average molecular weight is 339 g/mol. The molecule has 2 aromatic carbocycles. The molecule has 0 bridgehead atoms. The number of esters is 1. The van der Waals surface area contributed by atoms with Gasteiger partial charge in [-0.2, -0.15) is 0 Å². The van der Waals surface area contributed by atoms with E-state index in [4.69, 9.17) is 9.47 Å². The van der Waals surface area contributed by atoms with Crippen LogP contribution in [-0.4, -0.2) is 17.5 Å². The van der Waals surface area contributed by atoms with Crippen molar-refractivity contribution < 1.29 is 19.2 Å². The van der Waals surface area contributed by atoms with Crippen LogP contribution in [0.4, 0.5) is 5.69 Å². The summed E-state index contributed by atoms with van der Waals surface area (Å²) in [5.41, 5.74) is 3.02. The Labute approximate surface area is 144 Å². The van der Waals surface area contributed by atoms with E-state index in [-0.39, 0.29) is 12.3 Å². The van der Waals surface area contributed by atoms with Gasteiger partial charge in [-0.25, -0.2) is 4.79 Å². The van der Waals surface area contributed by atoms with Crippen LogP contribution in [-0.2, 0) is 27.3 Å². The van der Waals surface area contributed by atoms with Gasteiger partial charge in [-0.3, -0.25) is 10.1 Å². The van der Waals surface area contributed by atoms with Crippen molar-refractivity contribution in [1.29, 1.82) is 0 Å². The fourth-order valence-electron chi connectivity index (χ4n) is 2.75. The molecule has 0 unspecified atom stereocenters. The Morgan fingerprint density at radius 3 is 2.48 bits per heavy atom. The van der Waals surface area contributed by atoms with Crippen LogP contribution in [0.1, 0.15) is 23.6 Å². The van der Waals surface area contributed by atoms with Gasteiger partial charge in [-0.05, 0) is 30.2 Å². The van der Waals surface area contributed by atoms with Crippen LogP contribution in [0.25, 0.3) is 5.76 Å². The second-order valence-corrected chi connectivity index (χ2v) is 5.57. The summed E-state index contributed by atoms with van der Waals surface area (Å²) in [4.78, 5) is 22.8. The molecule has 0 amide bonds. The minimum atomic E-state index is -0.464. The van der Waals surface area contributed by atoms with E-state index in [1.807, 2.05) is 24.3 Å². The maximum absolute atomic E-state index is 12.5. The first kappa shape index (κ1) is 16.7. The molecule has 0 radical (unpaired) electrons. The maximum Gasteiger partial charge on any atom is 0.338 e. The van der Waals surface area contributed by atoms with Gasteiger partial charge in [-0.1, -0.05) is 24.3 Å². The number of hydrogen-bond donors (Lipinski definition) is 0. The van der Waals surface area contributed by atoms with E-state index in [9.17, 15) is 14.9 Å². The van der Waals surface area contributed by atoms with Crippen LogP contribution in [0, 0.1) is 10.1 Å². The monoisotopic (exact) mass is 339 g/mol. The summed E-state index contributed by atoms with van der Waals surface area (Å²) in [5, 5.41) is 10.8. The highest BCUT2D eigenvalue weighted by atomic mass is 16.6. The predicted octanol–water partition coefficient (Wildman–Crippen LogP) is 3.64. The summed E-state index contributed by atoms with van der Waals surface area (Å²) in [6.07, 6.45) is 0.390. The number of benzene rings is 2. The first-order valence-electron chi connectivity index (χ1n) is 7.94. The van der Waals surface area contributed by atoms with Crippen LogP contribution in [0.2, 0.25) is 0 Å². The second kappa shape index (κ2) is 7.17. The summed E-state index contributed by atoms with van der Waals surface area (Å²) in [6.45, 7) is 2.33. The zero-order chi connectivity index (χ0) is 17.8. The van der Waals surface area contributed by atoms with Gasteiger partial charge < -0.3 is 9.47 Å². The number of nitrogens with zero attached hydrogens (tertiary/aromatic N) is 1. The lowest BCUT2D eigenvalue weighted by Gasteiger charge is -2.12. The number of hydrogen-bond acceptors (Lipinski definition) is 5. The van der Waals surface area contributed by atoms with Crippen molar-refractivity contribution in [3.8, 4) is 0 Å². The lowest BCUT2D eigenvalue weighted by Crippen LogP contribution is -2.12. The molecule has 0 N–H and O–H groups in total. The number of nitro benzene ring substituents is 1. The van der Waals surface area contributed by atoms with E-state index < -0.39 is 10.9 Å².